The average Bonchev–Trinajstić information content (AvgIpc) is 2.17. The maximum absolute atomic E-state index is 13.1. The van der Waals surface area contributed by atoms with Crippen LogP contribution in [0.25, 0.3) is 0 Å². The molecule has 0 saturated heterocycles. The zero-order chi connectivity index (χ0) is 10.1. The number of nitrogens with one attached hydrogen (secondary N) is 1. The fourth-order valence-corrected chi connectivity index (χ4v) is 2.52. The van der Waals surface area contributed by atoms with Gasteiger partial charge in [-0.15, -0.1) is 0 Å². The number of fused-ring (bicyclic) bond motifs is 1. The van der Waals surface area contributed by atoms with Crippen LogP contribution in [0.1, 0.15) is 17.9 Å². The van der Waals surface area contributed by atoms with Crippen molar-refractivity contribution in [2.45, 2.75) is 12.3 Å². The molecule has 0 bridgehead atoms. The largest absolute Gasteiger partial charge is 0.384 e. The Morgan fingerprint density at radius 3 is 3.07 bits per heavy atom. The predicted octanol–water partition coefficient (Wildman–Crippen LogP) is 2.53. The summed E-state index contributed by atoms with van der Waals surface area (Å²) < 4.78 is 14.0. The molecular weight excluding hydrogens is 296 g/mol. The summed E-state index contributed by atoms with van der Waals surface area (Å²) in [5.41, 5.74) is 1.70. The number of anilines is 1. The number of aldehydes is 1. The molecule has 0 amide bonds. The second kappa shape index (κ2) is 3.84. The number of halogens is 2. The van der Waals surface area contributed by atoms with Gasteiger partial charge in [-0.3, -0.25) is 0 Å². The molecule has 74 valence electrons. The van der Waals surface area contributed by atoms with Crippen LogP contribution in [0.3, 0.4) is 0 Å². The predicted molar refractivity (Wildman–Crippen MR) is 61.0 cm³/mol. The highest BCUT2D eigenvalue weighted by Gasteiger charge is 2.21. The summed E-state index contributed by atoms with van der Waals surface area (Å²) in [5.74, 6) is -0.431. The van der Waals surface area contributed by atoms with E-state index in [9.17, 15) is 9.18 Å². The van der Waals surface area contributed by atoms with Gasteiger partial charge >= 0.3 is 0 Å². The summed E-state index contributed by atoms with van der Waals surface area (Å²) in [7, 11) is 0. The SMILES string of the molecule is O=CC1CCNc2c(I)cc(F)cc21. The lowest BCUT2D eigenvalue weighted by Gasteiger charge is -2.24. The molecule has 0 fully saturated rings. The Bertz CT molecular complexity index is 381. The molecule has 1 aliphatic rings. The topological polar surface area (TPSA) is 29.1 Å². The Morgan fingerprint density at radius 1 is 1.57 bits per heavy atom. The summed E-state index contributed by atoms with van der Waals surface area (Å²) in [6.45, 7) is 0.776. The van der Waals surface area contributed by atoms with Crippen LogP contribution >= 0.6 is 22.6 Å². The normalized spacial score (nSPS) is 19.7. The smallest absolute Gasteiger partial charge is 0.127 e. The van der Waals surface area contributed by atoms with E-state index in [1.54, 1.807) is 0 Å². The van der Waals surface area contributed by atoms with Crippen LogP contribution in [0.5, 0.6) is 0 Å². The molecule has 14 heavy (non-hydrogen) atoms. The van der Waals surface area contributed by atoms with Crippen LogP contribution < -0.4 is 5.32 Å². The van der Waals surface area contributed by atoms with Crippen molar-refractivity contribution in [3.05, 3.63) is 27.1 Å². The number of hydrogen-bond donors (Lipinski definition) is 1. The van der Waals surface area contributed by atoms with E-state index in [0.717, 1.165) is 34.1 Å². The summed E-state index contributed by atoms with van der Waals surface area (Å²) >= 11 is 2.08. The fraction of sp³-hybridized carbons (Fsp3) is 0.300. The highest BCUT2D eigenvalue weighted by atomic mass is 127. The van der Waals surface area contributed by atoms with Crippen molar-refractivity contribution in [1.29, 1.82) is 0 Å². The molecule has 1 aliphatic heterocycles. The van der Waals surface area contributed by atoms with Gasteiger partial charge in [0.15, 0.2) is 0 Å². The molecule has 0 aliphatic carbocycles. The maximum atomic E-state index is 13.1. The van der Waals surface area contributed by atoms with Gasteiger partial charge in [-0.2, -0.15) is 0 Å². The molecule has 2 nitrogen and oxygen atoms in total. The third-order valence-electron chi connectivity index (χ3n) is 2.41. The molecule has 1 heterocycles. The van der Waals surface area contributed by atoms with Crippen LogP contribution in [0.4, 0.5) is 10.1 Å². The van der Waals surface area contributed by atoms with E-state index in [-0.39, 0.29) is 11.7 Å². The summed E-state index contributed by atoms with van der Waals surface area (Å²) in [5, 5.41) is 3.19. The Balaban J connectivity index is 2.56. The van der Waals surface area contributed by atoms with E-state index in [4.69, 9.17) is 0 Å². The lowest BCUT2D eigenvalue weighted by molar-refractivity contribution is -0.109. The third-order valence-corrected chi connectivity index (χ3v) is 3.26. The summed E-state index contributed by atoms with van der Waals surface area (Å²) in [4.78, 5) is 10.8. The fourth-order valence-electron chi connectivity index (χ4n) is 1.72. The van der Waals surface area contributed by atoms with Gasteiger partial charge in [-0.05, 0) is 46.7 Å². The van der Waals surface area contributed by atoms with Gasteiger partial charge in [0.05, 0.1) is 5.69 Å². The summed E-state index contributed by atoms with van der Waals surface area (Å²) in [6, 6.07) is 2.92. The molecule has 4 heteroatoms. The van der Waals surface area contributed by atoms with E-state index in [2.05, 4.69) is 27.9 Å². The zero-order valence-corrected chi connectivity index (χ0v) is 9.55. The molecule has 1 atom stereocenters. The summed E-state index contributed by atoms with van der Waals surface area (Å²) in [6.07, 6.45) is 1.64. The molecule has 1 aromatic carbocycles. The van der Waals surface area contributed by atoms with E-state index in [1.807, 2.05) is 0 Å². The number of benzene rings is 1. The van der Waals surface area contributed by atoms with Crippen LogP contribution in [-0.2, 0) is 4.79 Å². The van der Waals surface area contributed by atoms with Crippen molar-refractivity contribution in [2.75, 3.05) is 11.9 Å². The number of carbonyl (C=O) groups excluding carboxylic acids is 1. The van der Waals surface area contributed by atoms with Crippen LogP contribution in [0.15, 0.2) is 12.1 Å². The van der Waals surface area contributed by atoms with Crippen LogP contribution in [0.2, 0.25) is 0 Å². The highest BCUT2D eigenvalue weighted by Crippen LogP contribution is 2.34. The van der Waals surface area contributed by atoms with Gasteiger partial charge in [0, 0.05) is 16.0 Å². The molecule has 0 saturated carbocycles. The Kier molecular flexibility index (Phi) is 2.71. The van der Waals surface area contributed by atoms with Gasteiger partial charge in [0.2, 0.25) is 0 Å². The average molecular weight is 305 g/mol. The molecule has 1 aromatic rings. The minimum atomic E-state index is -0.274. The van der Waals surface area contributed by atoms with Crippen molar-refractivity contribution < 1.29 is 9.18 Å². The lowest BCUT2D eigenvalue weighted by atomic mass is 9.92. The van der Waals surface area contributed by atoms with Crippen LogP contribution in [-0.4, -0.2) is 12.8 Å². The minimum absolute atomic E-state index is 0.157. The number of rotatable bonds is 1. The van der Waals surface area contributed by atoms with Gasteiger partial charge in [-0.1, -0.05) is 0 Å². The first-order chi connectivity index (χ1) is 6.72. The van der Waals surface area contributed by atoms with Gasteiger partial charge in [0.25, 0.3) is 0 Å². The molecule has 2 rings (SSSR count). The van der Waals surface area contributed by atoms with E-state index in [0.29, 0.717) is 0 Å². The Hall–Kier alpha value is -0.650. The molecule has 0 aromatic heterocycles. The third kappa shape index (κ3) is 1.63. The maximum Gasteiger partial charge on any atom is 0.127 e. The Morgan fingerprint density at radius 2 is 2.36 bits per heavy atom. The number of hydrogen-bond acceptors (Lipinski definition) is 2. The van der Waals surface area contributed by atoms with Gasteiger partial charge in [0.1, 0.15) is 12.1 Å². The van der Waals surface area contributed by atoms with Crippen molar-refractivity contribution in [3.8, 4) is 0 Å². The van der Waals surface area contributed by atoms with Gasteiger partial charge < -0.3 is 10.1 Å². The first-order valence-corrected chi connectivity index (χ1v) is 5.48. The quantitative estimate of drug-likeness (QED) is 0.638. The lowest BCUT2D eigenvalue weighted by Crippen LogP contribution is -2.18. The molecular formula is C10H9FINO. The highest BCUT2D eigenvalue weighted by molar-refractivity contribution is 14.1. The molecule has 0 spiro atoms. The van der Waals surface area contributed by atoms with Crippen molar-refractivity contribution in [1.82, 2.24) is 0 Å². The minimum Gasteiger partial charge on any atom is -0.384 e. The Labute approximate surface area is 95.0 Å². The first-order valence-electron chi connectivity index (χ1n) is 4.40. The zero-order valence-electron chi connectivity index (χ0n) is 7.39. The second-order valence-corrected chi connectivity index (χ2v) is 4.47. The van der Waals surface area contributed by atoms with Crippen molar-refractivity contribution in [2.24, 2.45) is 0 Å². The van der Waals surface area contributed by atoms with E-state index >= 15 is 0 Å². The first kappa shape index (κ1) is 9.89. The number of carbonyl (C=O) groups is 1. The monoisotopic (exact) mass is 305 g/mol. The molecule has 1 N–H and O–H groups in total. The van der Waals surface area contributed by atoms with Crippen LogP contribution in [0, 0.1) is 9.39 Å². The standard InChI is InChI=1S/C10H9FINO/c11-7-3-8-6(5-14)1-2-13-10(8)9(12)4-7/h3-6,13H,1-2H2. The van der Waals surface area contributed by atoms with E-state index < -0.39 is 0 Å². The van der Waals surface area contributed by atoms with Crippen molar-refractivity contribution in [3.63, 3.8) is 0 Å². The van der Waals surface area contributed by atoms with Crippen molar-refractivity contribution >= 4 is 34.6 Å². The second-order valence-electron chi connectivity index (χ2n) is 3.31. The molecule has 1 unspecified atom stereocenters. The van der Waals surface area contributed by atoms with Gasteiger partial charge in [-0.25, -0.2) is 4.39 Å². The van der Waals surface area contributed by atoms with E-state index in [1.165, 1.54) is 12.1 Å². The molecule has 0 radical (unpaired) electrons.